The van der Waals surface area contributed by atoms with Crippen LogP contribution in [0.5, 0.6) is 0 Å². The molecule has 2 aromatic carbocycles. The number of nitrogens with one attached hydrogen (secondary N) is 1. The molecule has 1 amide bonds. The van der Waals surface area contributed by atoms with E-state index in [1.54, 1.807) is 34.9 Å². The van der Waals surface area contributed by atoms with E-state index < -0.39 is 0 Å². The van der Waals surface area contributed by atoms with Crippen molar-refractivity contribution in [3.8, 4) is 0 Å². The third-order valence-electron chi connectivity index (χ3n) is 4.77. The first-order valence-corrected chi connectivity index (χ1v) is 10.5. The Balaban J connectivity index is 1.93. The highest BCUT2D eigenvalue weighted by atomic mass is 32.2. The van der Waals surface area contributed by atoms with Crippen LogP contribution < -0.4 is 10.9 Å². The van der Waals surface area contributed by atoms with Crippen molar-refractivity contribution in [2.75, 3.05) is 5.75 Å². The van der Waals surface area contributed by atoms with Gasteiger partial charge in [-0.2, -0.15) is 0 Å². The Morgan fingerprint density at radius 3 is 2.55 bits per heavy atom. The second-order valence-corrected chi connectivity index (χ2v) is 8.45. The van der Waals surface area contributed by atoms with Gasteiger partial charge in [-0.05, 0) is 50.1 Å². The van der Waals surface area contributed by atoms with Gasteiger partial charge in [0.25, 0.3) is 5.56 Å². The van der Waals surface area contributed by atoms with Gasteiger partial charge in [-0.15, -0.1) is 0 Å². The van der Waals surface area contributed by atoms with Gasteiger partial charge in [0.2, 0.25) is 5.91 Å². The number of benzene rings is 2. The van der Waals surface area contributed by atoms with Crippen LogP contribution in [0.1, 0.15) is 32.8 Å². The van der Waals surface area contributed by atoms with Gasteiger partial charge in [0.05, 0.1) is 23.2 Å². The number of hydrogen-bond donors (Lipinski definition) is 1. The number of carbonyl (C=O) groups is 1. The minimum atomic E-state index is -0.331. The smallest absolute Gasteiger partial charge is 0.262 e. The average molecular weight is 414 g/mol. The van der Waals surface area contributed by atoms with Crippen molar-refractivity contribution < 1.29 is 9.18 Å². The van der Waals surface area contributed by atoms with E-state index in [9.17, 15) is 14.0 Å². The first-order chi connectivity index (χ1) is 13.8. The van der Waals surface area contributed by atoms with Gasteiger partial charge in [0.15, 0.2) is 5.16 Å². The minimum Gasteiger partial charge on any atom is -0.351 e. The third-order valence-corrected chi connectivity index (χ3v) is 5.75. The molecule has 0 saturated heterocycles. The van der Waals surface area contributed by atoms with E-state index >= 15 is 0 Å². The van der Waals surface area contributed by atoms with Gasteiger partial charge in [-0.3, -0.25) is 14.2 Å². The topological polar surface area (TPSA) is 64.0 Å². The molecule has 7 heteroatoms. The van der Waals surface area contributed by atoms with Crippen LogP contribution in [0.3, 0.4) is 0 Å². The molecule has 0 aliphatic heterocycles. The lowest BCUT2D eigenvalue weighted by molar-refractivity contribution is -0.120. The number of thioether (sulfide) groups is 1. The SMILES string of the molecule is CCC(C)(C)NC(=O)CSc1nc2ccccc2c(=O)n1Cc1ccc(F)cc1. The number of amides is 1. The van der Waals surface area contributed by atoms with Gasteiger partial charge in [0.1, 0.15) is 5.82 Å². The van der Waals surface area contributed by atoms with Crippen molar-refractivity contribution in [1.82, 2.24) is 14.9 Å². The lowest BCUT2D eigenvalue weighted by Crippen LogP contribution is -2.43. The van der Waals surface area contributed by atoms with E-state index in [4.69, 9.17) is 0 Å². The molecule has 1 heterocycles. The molecule has 0 radical (unpaired) electrons. The molecule has 152 valence electrons. The highest BCUT2D eigenvalue weighted by molar-refractivity contribution is 7.99. The number of carbonyl (C=O) groups excluding carboxylic acids is 1. The molecule has 3 aromatic rings. The molecule has 5 nitrogen and oxygen atoms in total. The zero-order valence-electron chi connectivity index (χ0n) is 16.7. The molecule has 0 aliphatic carbocycles. The number of nitrogens with zero attached hydrogens (tertiary/aromatic N) is 2. The first kappa shape index (κ1) is 21.0. The largest absolute Gasteiger partial charge is 0.351 e. The summed E-state index contributed by atoms with van der Waals surface area (Å²) in [5.74, 6) is -0.294. The van der Waals surface area contributed by atoms with Crippen molar-refractivity contribution in [1.29, 1.82) is 0 Å². The number of aromatic nitrogens is 2. The minimum absolute atomic E-state index is 0.113. The van der Waals surface area contributed by atoms with Gasteiger partial charge in [-0.25, -0.2) is 9.37 Å². The lowest BCUT2D eigenvalue weighted by Gasteiger charge is -2.24. The first-order valence-electron chi connectivity index (χ1n) is 9.47. The van der Waals surface area contributed by atoms with Crippen LogP contribution in [0.15, 0.2) is 58.5 Å². The monoisotopic (exact) mass is 413 g/mol. The second-order valence-electron chi connectivity index (χ2n) is 7.50. The standard InChI is InChI=1S/C22H24FN3O2S/c1-4-22(2,3)25-19(27)14-29-21-24-18-8-6-5-7-17(18)20(28)26(21)13-15-9-11-16(23)12-10-15/h5-12H,4,13-14H2,1-3H3,(H,25,27). The molecule has 1 N–H and O–H groups in total. The Kier molecular flexibility index (Phi) is 6.37. The normalized spacial score (nSPS) is 11.6. The van der Waals surface area contributed by atoms with Crippen molar-refractivity contribution in [2.24, 2.45) is 0 Å². The molecule has 0 unspecified atom stereocenters. The van der Waals surface area contributed by atoms with E-state index in [2.05, 4.69) is 10.3 Å². The Morgan fingerprint density at radius 2 is 1.86 bits per heavy atom. The fourth-order valence-corrected chi connectivity index (χ4v) is 3.60. The van der Waals surface area contributed by atoms with Crippen LogP contribution in [-0.2, 0) is 11.3 Å². The lowest BCUT2D eigenvalue weighted by atomic mass is 10.0. The molecule has 0 aliphatic rings. The van der Waals surface area contributed by atoms with Crippen molar-refractivity contribution in [3.05, 3.63) is 70.3 Å². The van der Waals surface area contributed by atoms with Crippen LogP contribution >= 0.6 is 11.8 Å². The number of rotatable bonds is 7. The highest BCUT2D eigenvalue weighted by Gasteiger charge is 2.19. The number of fused-ring (bicyclic) bond motifs is 1. The summed E-state index contributed by atoms with van der Waals surface area (Å²) in [6.45, 7) is 6.20. The van der Waals surface area contributed by atoms with Crippen molar-refractivity contribution in [2.45, 2.75) is 44.4 Å². The number of hydrogen-bond acceptors (Lipinski definition) is 4. The molecule has 3 rings (SSSR count). The Morgan fingerprint density at radius 1 is 1.17 bits per heavy atom. The van der Waals surface area contributed by atoms with Crippen molar-refractivity contribution >= 4 is 28.6 Å². The second kappa shape index (κ2) is 8.78. The van der Waals surface area contributed by atoms with Gasteiger partial charge >= 0.3 is 0 Å². The number of para-hydroxylation sites is 1. The Labute approximate surface area is 173 Å². The van der Waals surface area contributed by atoms with Gasteiger partial charge < -0.3 is 5.32 Å². The zero-order valence-corrected chi connectivity index (χ0v) is 17.6. The predicted molar refractivity (Wildman–Crippen MR) is 115 cm³/mol. The summed E-state index contributed by atoms with van der Waals surface area (Å²) in [7, 11) is 0. The van der Waals surface area contributed by atoms with Crippen LogP contribution in [0.2, 0.25) is 0 Å². The van der Waals surface area contributed by atoms with E-state index in [-0.39, 0.29) is 35.1 Å². The van der Waals surface area contributed by atoms with Gasteiger partial charge in [0, 0.05) is 5.54 Å². The molecule has 0 fully saturated rings. The molecule has 1 aromatic heterocycles. The maximum absolute atomic E-state index is 13.2. The van der Waals surface area contributed by atoms with E-state index in [1.165, 1.54) is 23.9 Å². The van der Waals surface area contributed by atoms with Crippen LogP contribution in [-0.4, -0.2) is 26.8 Å². The molecule has 0 saturated carbocycles. The van der Waals surface area contributed by atoms with E-state index in [0.717, 1.165) is 12.0 Å². The summed E-state index contributed by atoms with van der Waals surface area (Å²) in [5, 5.41) is 3.96. The van der Waals surface area contributed by atoms with Crippen molar-refractivity contribution in [3.63, 3.8) is 0 Å². The third kappa shape index (κ3) is 5.23. The molecular weight excluding hydrogens is 389 g/mol. The highest BCUT2D eigenvalue weighted by Crippen LogP contribution is 2.19. The molecule has 0 bridgehead atoms. The Bertz CT molecular complexity index is 1080. The summed E-state index contributed by atoms with van der Waals surface area (Å²) in [5.41, 5.74) is 0.896. The molecule has 0 atom stereocenters. The van der Waals surface area contributed by atoms with E-state index in [1.807, 2.05) is 26.8 Å². The summed E-state index contributed by atoms with van der Waals surface area (Å²) in [6.07, 6.45) is 0.812. The quantitative estimate of drug-likeness (QED) is 0.470. The summed E-state index contributed by atoms with van der Waals surface area (Å²) < 4.78 is 14.8. The molecule has 29 heavy (non-hydrogen) atoms. The maximum Gasteiger partial charge on any atom is 0.262 e. The van der Waals surface area contributed by atoms with Gasteiger partial charge in [-0.1, -0.05) is 43.0 Å². The number of halogens is 1. The summed E-state index contributed by atoms with van der Waals surface area (Å²) in [4.78, 5) is 30.0. The summed E-state index contributed by atoms with van der Waals surface area (Å²) >= 11 is 1.22. The van der Waals surface area contributed by atoms with Crippen LogP contribution in [0, 0.1) is 5.82 Å². The van der Waals surface area contributed by atoms with E-state index in [0.29, 0.717) is 16.1 Å². The maximum atomic E-state index is 13.2. The fraction of sp³-hybridized carbons (Fsp3) is 0.318. The fourth-order valence-electron chi connectivity index (χ4n) is 2.80. The van der Waals surface area contributed by atoms with Crippen LogP contribution in [0.4, 0.5) is 4.39 Å². The van der Waals surface area contributed by atoms with Crippen LogP contribution in [0.25, 0.3) is 10.9 Å². The molecular formula is C22H24FN3O2S. The summed E-state index contributed by atoms with van der Waals surface area (Å²) in [6, 6.07) is 13.1. The molecule has 0 spiro atoms. The zero-order chi connectivity index (χ0) is 21.0. The average Bonchev–Trinajstić information content (AvgIpc) is 2.70. The predicted octanol–water partition coefficient (Wildman–Crippen LogP) is 3.98. The Hall–Kier alpha value is -2.67.